The average Bonchev–Trinajstić information content (AvgIpc) is 3.25. The lowest BCUT2D eigenvalue weighted by Gasteiger charge is -2.42. The van der Waals surface area contributed by atoms with Gasteiger partial charge in [-0.2, -0.15) is 5.10 Å². The minimum absolute atomic E-state index is 0.154. The Morgan fingerprint density at radius 3 is 2.69 bits per heavy atom. The molecule has 4 aromatic rings. The predicted molar refractivity (Wildman–Crippen MR) is 144 cm³/mol. The second kappa shape index (κ2) is 9.94. The van der Waals surface area contributed by atoms with Crippen LogP contribution in [0.4, 0.5) is 30.5 Å². The first kappa shape index (κ1) is 25.3. The van der Waals surface area contributed by atoms with Crippen LogP contribution in [0.2, 0.25) is 0 Å². The molecule has 1 N–H and O–H groups in total. The number of aryl methyl sites for hydroxylation is 2. The number of nitrogens with one attached hydrogen (secondary N) is 1. The Morgan fingerprint density at radius 1 is 1.10 bits per heavy atom. The van der Waals surface area contributed by atoms with Crippen LogP contribution in [0.25, 0.3) is 10.9 Å². The normalized spacial score (nSPS) is 18.0. The van der Waals surface area contributed by atoms with Crippen molar-refractivity contribution in [3.05, 3.63) is 65.4 Å². The Hall–Kier alpha value is -4.02. The molecule has 0 aliphatic carbocycles. The highest BCUT2D eigenvalue weighted by Crippen LogP contribution is 2.40. The summed E-state index contributed by atoms with van der Waals surface area (Å²) in [5.41, 5.74) is 1.21. The van der Waals surface area contributed by atoms with E-state index in [1.54, 1.807) is 13.8 Å². The Kier molecular flexibility index (Phi) is 6.44. The molecule has 2 aromatic carbocycles. The van der Waals surface area contributed by atoms with Crippen LogP contribution in [0, 0.1) is 12.7 Å². The third kappa shape index (κ3) is 4.59. The number of rotatable bonds is 5. The molecule has 2 atom stereocenters. The molecule has 1 saturated heterocycles. The molecular weight excluding hydrogens is 507 g/mol. The number of nitrogens with zero attached hydrogens (tertiary/aromatic N) is 6. The highest BCUT2D eigenvalue weighted by molar-refractivity contribution is 5.94. The van der Waals surface area contributed by atoms with Crippen molar-refractivity contribution >= 4 is 28.2 Å². The molecular formula is C28H30F3N7O. The summed E-state index contributed by atoms with van der Waals surface area (Å²) < 4.78 is 49.6. The van der Waals surface area contributed by atoms with Crippen molar-refractivity contribution in [2.24, 2.45) is 7.05 Å². The fourth-order valence-corrected chi connectivity index (χ4v) is 5.68. The van der Waals surface area contributed by atoms with E-state index in [1.807, 2.05) is 36.1 Å². The van der Waals surface area contributed by atoms with Crippen molar-refractivity contribution < 1.29 is 17.9 Å². The number of aromatic nitrogens is 4. The fraction of sp³-hybridized carbons (Fsp3) is 0.393. The minimum atomic E-state index is -2.89. The van der Waals surface area contributed by atoms with Gasteiger partial charge in [0.15, 0.2) is 0 Å². The molecule has 4 heterocycles. The monoisotopic (exact) mass is 537 g/mol. The van der Waals surface area contributed by atoms with Gasteiger partial charge >= 0.3 is 0 Å². The smallest absolute Gasteiger partial charge is 0.266 e. The van der Waals surface area contributed by atoms with Crippen LogP contribution >= 0.6 is 0 Å². The summed E-state index contributed by atoms with van der Waals surface area (Å²) in [6, 6.07) is 9.70. The number of hydrogen-bond donors (Lipinski definition) is 1. The van der Waals surface area contributed by atoms with Crippen molar-refractivity contribution in [1.29, 1.82) is 0 Å². The Labute approximate surface area is 224 Å². The SMILES string of the molecule is Cc1nc(N[C@H](C)c2cccc(C(F)F)c2F)c2cc3c(cc2n1)OCC[C@H]1CN(c2ccnn2C)CCN31. The van der Waals surface area contributed by atoms with Crippen LogP contribution < -0.4 is 19.9 Å². The van der Waals surface area contributed by atoms with Gasteiger partial charge in [-0.1, -0.05) is 18.2 Å². The maximum atomic E-state index is 14.9. The fourth-order valence-electron chi connectivity index (χ4n) is 5.68. The quantitative estimate of drug-likeness (QED) is 0.366. The molecule has 1 fully saturated rings. The molecule has 0 saturated carbocycles. The van der Waals surface area contributed by atoms with Gasteiger partial charge in [-0.05, 0) is 19.9 Å². The highest BCUT2D eigenvalue weighted by Gasteiger charge is 2.33. The molecule has 0 amide bonds. The first-order valence-electron chi connectivity index (χ1n) is 13.1. The lowest BCUT2D eigenvalue weighted by molar-refractivity contribution is 0.146. The first-order valence-corrected chi connectivity index (χ1v) is 13.1. The zero-order valence-electron chi connectivity index (χ0n) is 22.0. The molecule has 204 valence electrons. The van der Waals surface area contributed by atoms with Crippen molar-refractivity contribution in [3.63, 3.8) is 0 Å². The summed E-state index contributed by atoms with van der Waals surface area (Å²) in [4.78, 5) is 14.0. The molecule has 0 bridgehead atoms. The predicted octanol–water partition coefficient (Wildman–Crippen LogP) is 5.40. The molecule has 11 heteroatoms. The van der Waals surface area contributed by atoms with Gasteiger partial charge in [0.05, 0.1) is 35.6 Å². The lowest BCUT2D eigenvalue weighted by atomic mass is 10.0. The van der Waals surface area contributed by atoms with Crippen molar-refractivity contribution in [2.45, 2.75) is 38.8 Å². The molecule has 2 aliphatic heterocycles. The Balaban J connectivity index is 1.35. The average molecular weight is 538 g/mol. The van der Waals surface area contributed by atoms with Crippen LogP contribution in [0.1, 0.15) is 42.8 Å². The summed E-state index contributed by atoms with van der Waals surface area (Å²) in [5, 5.41) is 8.34. The summed E-state index contributed by atoms with van der Waals surface area (Å²) >= 11 is 0. The van der Waals surface area contributed by atoms with E-state index in [0.717, 1.165) is 54.8 Å². The third-order valence-electron chi connectivity index (χ3n) is 7.62. The van der Waals surface area contributed by atoms with Crippen LogP contribution in [-0.2, 0) is 7.05 Å². The summed E-state index contributed by atoms with van der Waals surface area (Å²) in [5.74, 6) is 2.01. The zero-order chi connectivity index (χ0) is 27.3. The largest absolute Gasteiger partial charge is 0.491 e. The van der Waals surface area contributed by atoms with Crippen molar-refractivity contribution in [3.8, 4) is 5.75 Å². The molecule has 0 radical (unpaired) electrons. The van der Waals surface area contributed by atoms with Gasteiger partial charge in [-0.3, -0.25) is 4.68 Å². The Morgan fingerprint density at radius 2 is 1.92 bits per heavy atom. The van der Waals surface area contributed by atoms with Gasteiger partial charge in [-0.15, -0.1) is 0 Å². The number of fused-ring (bicyclic) bond motifs is 4. The van der Waals surface area contributed by atoms with Gasteiger partial charge in [0.25, 0.3) is 6.43 Å². The van der Waals surface area contributed by atoms with E-state index in [1.165, 1.54) is 12.1 Å². The number of hydrogen-bond acceptors (Lipinski definition) is 7. The lowest BCUT2D eigenvalue weighted by Crippen LogP contribution is -2.53. The molecule has 2 aliphatic rings. The molecule has 2 aromatic heterocycles. The number of alkyl halides is 2. The van der Waals surface area contributed by atoms with E-state index in [2.05, 4.69) is 30.2 Å². The summed E-state index contributed by atoms with van der Waals surface area (Å²) in [6.45, 7) is 6.58. The number of anilines is 3. The number of halogens is 3. The van der Waals surface area contributed by atoms with E-state index >= 15 is 0 Å². The van der Waals surface area contributed by atoms with E-state index < -0.39 is 23.8 Å². The molecule has 0 spiro atoms. The molecule has 6 rings (SSSR count). The van der Waals surface area contributed by atoms with Crippen molar-refractivity contribution in [1.82, 2.24) is 19.7 Å². The van der Waals surface area contributed by atoms with Crippen LogP contribution in [0.5, 0.6) is 5.75 Å². The van der Waals surface area contributed by atoms with E-state index in [0.29, 0.717) is 23.8 Å². The maximum absolute atomic E-state index is 14.9. The first-order chi connectivity index (χ1) is 18.8. The van der Waals surface area contributed by atoms with Crippen LogP contribution in [0.3, 0.4) is 0 Å². The number of piperazine rings is 1. The van der Waals surface area contributed by atoms with E-state index in [9.17, 15) is 13.2 Å². The topological polar surface area (TPSA) is 71.3 Å². The van der Waals surface area contributed by atoms with Gasteiger partial charge in [-0.25, -0.2) is 23.1 Å². The standard InChI is InChI=1S/C28H30F3N7O/c1-16(19-5-4-6-20(26(19)29)27(30)31)33-28-21-13-23-24(14-22(21)34-17(2)35-28)39-12-8-18-15-37(10-11-38(18)23)25-7-9-32-36(25)3/h4-7,9,13-14,16,18,27H,8,10-12,15H2,1-3H3,(H,33,34,35)/t16-,18+/m1/s1. The van der Waals surface area contributed by atoms with Gasteiger partial charge in [0, 0.05) is 62.2 Å². The Bertz CT molecular complexity index is 1520. The van der Waals surface area contributed by atoms with Crippen molar-refractivity contribution in [2.75, 3.05) is 41.4 Å². The number of benzene rings is 2. The summed E-state index contributed by atoms with van der Waals surface area (Å²) in [7, 11) is 1.95. The van der Waals surface area contributed by atoms with Gasteiger partial charge in [0.1, 0.15) is 29.0 Å². The minimum Gasteiger partial charge on any atom is -0.491 e. The van der Waals surface area contributed by atoms with Gasteiger partial charge < -0.3 is 19.9 Å². The molecule has 39 heavy (non-hydrogen) atoms. The molecule has 0 unspecified atom stereocenters. The highest BCUT2D eigenvalue weighted by atomic mass is 19.3. The van der Waals surface area contributed by atoms with Crippen LogP contribution in [0.15, 0.2) is 42.6 Å². The van der Waals surface area contributed by atoms with E-state index in [-0.39, 0.29) is 11.6 Å². The zero-order valence-corrected chi connectivity index (χ0v) is 22.0. The third-order valence-corrected chi connectivity index (χ3v) is 7.62. The maximum Gasteiger partial charge on any atom is 0.266 e. The van der Waals surface area contributed by atoms with Gasteiger partial charge in [0.2, 0.25) is 0 Å². The summed E-state index contributed by atoms with van der Waals surface area (Å²) in [6.07, 6.45) is -0.209. The van der Waals surface area contributed by atoms with Crippen LogP contribution in [-0.4, -0.2) is 52.0 Å². The second-order valence-corrected chi connectivity index (χ2v) is 10.1. The number of ether oxygens (including phenoxy) is 1. The molecule has 8 nitrogen and oxygen atoms in total. The van der Waals surface area contributed by atoms with E-state index in [4.69, 9.17) is 4.74 Å². The second-order valence-electron chi connectivity index (χ2n) is 10.1.